The van der Waals surface area contributed by atoms with Gasteiger partial charge in [0.2, 0.25) is 11.8 Å². The lowest BCUT2D eigenvalue weighted by molar-refractivity contribution is -0.139. The Hall–Kier alpha value is -2.44. The number of rotatable bonds is 4. The summed E-state index contributed by atoms with van der Waals surface area (Å²) in [5, 5.41) is 5.56. The Balaban J connectivity index is 1.57. The molecule has 2 fully saturated rings. The van der Waals surface area contributed by atoms with E-state index in [2.05, 4.69) is 15.6 Å². The van der Waals surface area contributed by atoms with Crippen molar-refractivity contribution in [3.63, 3.8) is 0 Å². The molecule has 1 aromatic heterocycles. The number of imide groups is 1. The van der Waals surface area contributed by atoms with Gasteiger partial charge in [0.15, 0.2) is 0 Å². The predicted molar refractivity (Wildman–Crippen MR) is 82.1 cm³/mol. The summed E-state index contributed by atoms with van der Waals surface area (Å²) in [6.07, 6.45) is 6.94. The van der Waals surface area contributed by atoms with Crippen LogP contribution in [0.2, 0.25) is 0 Å². The van der Waals surface area contributed by atoms with E-state index in [9.17, 15) is 14.4 Å². The first-order chi connectivity index (χ1) is 11.1. The highest BCUT2D eigenvalue weighted by Crippen LogP contribution is 2.29. The molecular weight excluding hydrogens is 296 g/mol. The van der Waals surface area contributed by atoms with E-state index in [4.69, 9.17) is 0 Å². The van der Waals surface area contributed by atoms with Gasteiger partial charge in [-0.25, -0.2) is 4.79 Å². The van der Waals surface area contributed by atoms with Crippen molar-refractivity contribution >= 4 is 17.8 Å². The molecule has 7 heteroatoms. The third kappa shape index (κ3) is 3.49. The van der Waals surface area contributed by atoms with E-state index in [0.717, 1.165) is 36.1 Å². The quantitative estimate of drug-likeness (QED) is 0.860. The van der Waals surface area contributed by atoms with Gasteiger partial charge in [0.25, 0.3) is 0 Å². The minimum Gasteiger partial charge on any atom is -0.350 e. The maximum Gasteiger partial charge on any atom is 0.324 e. The first-order valence-corrected chi connectivity index (χ1v) is 7.92. The maximum atomic E-state index is 12.5. The van der Waals surface area contributed by atoms with Crippen LogP contribution in [-0.2, 0) is 16.1 Å². The third-order valence-corrected chi connectivity index (χ3v) is 4.42. The van der Waals surface area contributed by atoms with Gasteiger partial charge in [-0.1, -0.05) is 18.9 Å². The van der Waals surface area contributed by atoms with Gasteiger partial charge in [-0.3, -0.25) is 19.5 Å². The summed E-state index contributed by atoms with van der Waals surface area (Å²) in [6.45, 7) is 0.0799. The van der Waals surface area contributed by atoms with Crippen LogP contribution < -0.4 is 10.6 Å². The van der Waals surface area contributed by atoms with E-state index in [1.165, 1.54) is 0 Å². The van der Waals surface area contributed by atoms with E-state index in [0.29, 0.717) is 6.54 Å². The van der Waals surface area contributed by atoms with Gasteiger partial charge in [-0.2, -0.15) is 0 Å². The van der Waals surface area contributed by atoms with Crippen molar-refractivity contribution in [1.29, 1.82) is 0 Å². The Bertz CT molecular complexity index is 605. The molecule has 0 spiro atoms. The molecule has 1 aliphatic carbocycles. The molecular formula is C16H20N4O3. The fourth-order valence-electron chi connectivity index (χ4n) is 3.19. The van der Waals surface area contributed by atoms with Crippen molar-refractivity contribution in [2.75, 3.05) is 6.54 Å². The molecule has 0 bridgehead atoms. The van der Waals surface area contributed by atoms with Crippen LogP contribution in [0.5, 0.6) is 0 Å². The van der Waals surface area contributed by atoms with E-state index >= 15 is 0 Å². The monoisotopic (exact) mass is 316 g/mol. The fourth-order valence-corrected chi connectivity index (χ4v) is 3.19. The van der Waals surface area contributed by atoms with Crippen LogP contribution in [0, 0.1) is 5.92 Å². The number of nitrogens with one attached hydrogen (secondary N) is 2. The SMILES string of the molecule is O=C(CN1C(=O)NC2CCCCC2C1=O)NCc1cccnc1. The number of hydrogen-bond acceptors (Lipinski definition) is 4. The van der Waals surface area contributed by atoms with Gasteiger partial charge < -0.3 is 10.6 Å². The molecule has 1 aliphatic heterocycles. The minimum atomic E-state index is -0.463. The average molecular weight is 316 g/mol. The summed E-state index contributed by atoms with van der Waals surface area (Å²) in [5.74, 6) is -0.769. The normalized spacial score (nSPS) is 23.9. The topological polar surface area (TPSA) is 91.4 Å². The smallest absolute Gasteiger partial charge is 0.324 e. The van der Waals surface area contributed by atoms with Crippen LogP contribution in [0.15, 0.2) is 24.5 Å². The van der Waals surface area contributed by atoms with Gasteiger partial charge in [-0.05, 0) is 24.5 Å². The van der Waals surface area contributed by atoms with Crippen molar-refractivity contribution in [2.24, 2.45) is 5.92 Å². The standard InChI is InChI=1S/C16H20N4O3/c21-14(18-9-11-4-3-7-17-8-11)10-20-15(22)12-5-1-2-6-13(12)19-16(20)23/h3-4,7-8,12-13H,1-2,5-6,9-10H2,(H,18,21)(H,19,23). The first-order valence-electron chi connectivity index (χ1n) is 7.92. The van der Waals surface area contributed by atoms with Gasteiger partial charge >= 0.3 is 6.03 Å². The molecule has 1 saturated heterocycles. The number of nitrogens with zero attached hydrogens (tertiary/aromatic N) is 2. The van der Waals surface area contributed by atoms with Crippen LogP contribution >= 0.6 is 0 Å². The van der Waals surface area contributed by atoms with Crippen LogP contribution in [-0.4, -0.2) is 40.3 Å². The van der Waals surface area contributed by atoms with Crippen LogP contribution in [0.25, 0.3) is 0 Å². The molecule has 2 N–H and O–H groups in total. The number of amides is 4. The van der Waals surface area contributed by atoms with Gasteiger partial charge in [0.1, 0.15) is 6.54 Å². The largest absolute Gasteiger partial charge is 0.350 e. The number of pyridine rings is 1. The lowest BCUT2D eigenvalue weighted by Gasteiger charge is -2.39. The van der Waals surface area contributed by atoms with Crippen molar-refractivity contribution in [3.8, 4) is 0 Å². The molecule has 23 heavy (non-hydrogen) atoms. The predicted octanol–water partition coefficient (Wildman–Crippen LogP) is 0.808. The van der Waals surface area contributed by atoms with Crippen molar-refractivity contribution in [1.82, 2.24) is 20.5 Å². The van der Waals surface area contributed by atoms with E-state index in [-0.39, 0.29) is 30.3 Å². The van der Waals surface area contributed by atoms with E-state index < -0.39 is 6.03 Å². The summed E-state index contributed by atoms with van der Waals surface area (Å²) < 4.78 is 0. The van der Waals surface area contributed by atoms with Crippen molar-refractivity contribution < 1.29 is 14.4 Å². The molecule has 3 rings (SSSR count). The van der Waals surface area contributed by atoms with Gasteiger partial charge in [0, 0.05) is 25.0 Å². The summed E-state index contributed by atoms with van der Waals surface area (Å²) >= 11 is 0. The highest BCUT2D eigenvalue weighted by molar-refractivity contribution is 6.01. The molecule has 0 aromatic carbocycles. The Morgan fingerprint density at radius 2 is 2.17 bits per heavy atom. The van der Waals surface area contributed by atoms with Crippen molar-refractivity contribution in [3.05, 3.63) is 30.1 Å². The van der Waals surface area contributed by atoms with E-state index in [1.807, 2.05) is 6.07 Å². The lowest BCUT2D eigenvalue weighted by Crippen LogP contribution is -2.62. The molecule has 4 amide bonds. The van der Waals surface area contributed by atoms with Crippen LogP contribution in [0.3, 0.4) is 0 Å². The number of hydrogen-bond donors (Lipinski definition) is 2. The van der Waals surface area contributed by atoms with Crippen LogP contribution in [0.1, 0.15) is 31.2 Å². The average Bonchev–Trinajstić information content (AvgIpc) is 2.58. The van der Waals surface area contributed by atoms with E-state index in [1.54, 1.807) is 18.5 Å². The zero-order valence-corrected chi connectivity index (χ0v) is 12.8. The summed E-state index contributed by atoms with van der Waals surface area (Å²) in [5.41, 5.74) is 0.864. The molecule has 7 nitrogen and oxygen atoms in total. The number of urea groups is 1. The molecule has 1 saturated carbocycles. The number of aromatic nitrogens is 1. The molecule has 2 atom stereocenters. The summed E-state index contributed by atoms with van der Waals surface area (Å²) in [4.78, 5) is 41.6. The lowest BCUT2D eigenvalue weighted by atomic mass is 9.82. The molecule has 2 heterocycles. The minimum absolute atomic E-state index is 0.0709. The molecule has 122 valence electrons. The number of fused-ring (bicyclic) bond motifs is 1. The molecule has 0 radical (unpaired) electrons. The fraction of sp³-hybridized carbons (Fsp3) is 0.500. The second kappa shape index (κ2) is 6.76. The first kappa shape index (κ1) is 15.5. The zero-order chi connectivity index (χ0) is 16.2. The molecule has 1 aromatic rings. The Kier molecular flexibility index (Phi) is 4.55. The highest BCUT2D eigenvalue weighted by Gasteiger charge is 2.42. The number of carbonyl (C=O) groups is 3. The Labute approximate surface area is 134 Å². The Morgan fingerprint density at radius 3 is 2.96 bits per heavy atom. The second-order valence-corrected chi connectivity index (χ2v) is 6.01. The molecule has 2 aliphatic rings. The third-order valence-electron chi connectivity index (χ3n) is 4.42. The molecule has 2 unspecified atom stereocenters. The van der Waals surface area contributed by atoms with Gasteiger partial charge in [0.05, 0.1) is 5.92 Å². The number of carbonyl (C=O) groups excluding carboxylic acids is 3. The maximum absolute atomic E-state index is 12.5. The summed E-state index contributed by atoms with van der Waals surface area (Å²) in [6, 6.07) is 3.10. The van der Waals surface area contributed by atoms with Crippen molar-refractivity contribution in [2.45, 2.75) is 38.3 Å². The van der Waals surface area contributed by atoms with Gasteiger partial charge in [-0.15, -0.1) is 0 Å². The highest BCUT2D eigenvalue weighted by atomic mass is 16.2. The summed E-state index contributed by atoms with van der Waals surface area (Å²) in [7, 11) is 0. The second-order valence-electron chi connectivity index (χ2n) is 6.01. The Morgan fingerprint density at radius 1 is 1.35 bits per heavy atom. The zero-order valence-electron chi connectivity index (χ0n) is 12.8. The van der Waals surface area contributed by atoms with Crippen LogP contribution in [0.4, 0.5) is 4.79 Å².